The average Bonchev–Trinajstić information content (AvgIpc) is 2.30. The summed E-state index contributed by atoms with van der Waals surface area (Å²) in [5.74, 6) is 0.427. The van der Waals surface area contributed by atoms with Crippen molar-refractivity contribution in [1.29, 1.82) is 0 Å². The fraction of sp³-hybridized carbons (Fsp3) is 0.250. The van der Waals surface area contributed by atoms with Gasteiger partial charge in [-0.2, -0.15) is 0 Å². The van der Waals surface area contributed by atoms with Crippen molar-refractivity contribution in [3.05, 3.63) is 34.9 Å². The van der Waals surface area contributed by atoms with E-state index in [0.29, 0.717) is 10.8 Å². The van der Waals surface area contributed by atoms with Gasteiger partial charge in [-0.1, -0.05) is 23.8 Å². The normalized spacial score (nSPS) is 10.4. The molecule has 1 aromatic rings. The number of rotatable bonds is 4. The number of halogens is 1. The van der Waals surface area contributed by atoms with Crippen molar-refractivity contribution in [3.8, 4) is 5.75 Å². The molecular weight excluding hydrogens is 228 g/mol. The number of carbonyl (C=O) groups excluding carboxylic acids is 1. The third-order valence-corrected chi connectivity index (χ3v) is 2.34. The molecule has 0 aliphatic rings. The van der Waals surface area contributed by atoms with Gasteiger partial charge in [-0.15, -0.1) is 0 Å². The van der Waals surface area contributed by atoms with Crippen molar-refractivity contribution >= 4 is 23.6 Å². The van der Waals surface area contributed by atoms with Gasteiger partial charge in [-0.05, 0) is 23.8 Å². The van der Waals surface area contributed by atoms with Crippen molar-refractivity contribution in [2.45, 2.75) is 6.42 Å². The smallest absolute Gasteiger partial charge is 0.309 e. The standard InChI is InChI=1S/C12H13ClO3/c1-15-10-7-6-9(11(13)8-10)4-3-5-12(14)16-2/h3-4,6-8H,5H2,1-2H3. The number of ether oxygens (including phenoxy) is 2. The summed E-state index contributed by atoms with van der Waals surface area (Å²) in [5, 5.41) is 0.584. The van der Waals surface area contributed by atoms with E-state index in [2.05, 4.69) is 4.74 Å². The number of hydrogen-bond acceptors (Lipinski definition) is 3. The summed E-state index contributed by atoms with van der Waals surface area (Å²) >= 11 is 6.01. The molecule has 0 radical (unpaired) electrons. The molecular formula is C12H13ClO3. The number of benzene rings is 1. The predicted molar refractivity (Wildman–Crippen MR) is 63.7 cm³/mol. The molecule has 0 aromatic heterocycles. The topological polar surface area (TPSA) is 35.5 Å². The van der Waals surface area contributed by atoms with E-state index in [1.54, 1.807) is 25.3 Å². The fourth-order valence-electron chi connectivity index (χ4n) is 1.14. The summed E-state index contributed by atoms with van der Waals surface area (Å²) in [5.41, 5.74) is 0.839. The summed E-state index contributed by atoms with van der Waals surface area (Å²) in [6.45, 7) is 0. The molecule has 0 saturated heterocycles. The van der Waals surface area contributed by atoms with Gasteiger partial charge in [-0.25, -0.2) is 0 Å². The lowest BCUT2D eigenvalue weighted by atomic mass is 10.2. The summed E-state index contributed by atoms with van der Waals surface area (Å²) in [6.07, 6.45) is 3.72. The third-order valence-electron chi connectivity index (χ3n) is 2.02. The number of hydrogen-bond donors (Lipinski definition) is 0. The zero-order valence-electron chi connectivity index (χ0n) is 9.20. The molecule has 0 heterocycles. The van der Waals surface area contributed by atoms with Gasteiger partial charge in [0.05, 0.1) is 25.7 Å². The first-order chi connectivity index (χ1) is 7.67. The zero-order valence-corrected chi connectivity index (χ0v) is 9.95. The Morgan fingerprint density at radius 1 is 1.44 bits per heavy atom. The Kier molecular flexibility index (Phi) is 4.86. The monoisotopic (exact) mass is 240 g/mol. The van der Waals surface area contributed by atoms with Crippen LogP contribution in [0, 0.1) is 0 Å². The molecule has 0 saturated carbocycles. The molecule has 0 aliphatic carbocycles. The first-order valence-electron chi connectivity index (χ1n) is 4.74. The van der Waals surface area contributed by atoms with E-state index in [-0.39, 0.29) is 12.4 Å². The minimum absolute atomic E-state index is 0.235. The van der Waals surface area contributed by atoms with E-state index in [1.165, 1.54) is 7.11 Å². The van der Waals surface area contributed by atoms with Gasteiger partial charge in [0.2, 0.25) is 0 Å². The van der Waals surface area contributed by atoms with Crippen LogP contribution < -0.4 is 4.74 Å². The minimum Gasteiger partial charge on any atom is -0.497 e. The van der Waals surface area contributed by atoms with Crippen molar-refractivity contribution in [2.75, 3.05) is 14.2 Å². The SMILES string of the molecule is COC(=O)CC=Cc1ccc(OC)cc1Cl. The lowest BCUT2D eigenvalue weighted by molar-refractivity contribution is -0.139. The van der Waals surface area contributed by atoms with Crippen LogP contribution in [0.2, 0.25) is 5.02 Å². The molecule has 4 heteroatoms. The van der Waals surface area contributed by atoms with Crippen molar-refractivity contribution < 1.29 is 14.3 Å². The van der Waals surface area contributed by atoms with Crippen LogP contribution in [0.25, 0.3) is 6.08 Å². The Morgan fingerprint density at radius 3 is 2.75 bits per heavy atom. The number of methoxy groups -OCH3 is 2. The quantitative estimate of drug-likeness (QED) is 0.759. The first-order valence-corrected chi connectivity index (χ1v) is 5.12. The summed E-state index contributed by atoms with van der Waals surface area (Å²) in [6, 6.07) is 5.36. The maximum atomic E-state index is 10.9. The van der Waals surface area contributed by atoms with Crippen molar-refractivity contribution in [1.82, 2.24) is 0 Å². The molecule has 1 rings (SSSR count). The Bertz CT molecular complexity index is 399. The van der Waals surface area contributed by atoms with E-state index in [9.17, 15) is 4.79 Å². The Morgan fingerprint density at radius 2 is 2.19 bits per heavy atom. The Hall–Kier alpha value is -1.48. The summed E-state index contributed by atoms with van der Waals surface area (Å²) in [4.78, 5) is 10.9. The molecule has 0 aliphatic heterocycles. The van der Waals surface area contributed by atoms with Gasteiger partial charge in [0.15, 0.2) is 0 Å². The molecule has 0 unspecified atom stereocenters. The van der Waals surface area contributed by atoms with Gasteiger partial charge in [0.1, 0.15) is 5.75 Å². The molecule has 0 bridgehead atoms. The maximum Gasteiger partial charge on any atom is 0.309 e. The van der Waals surface area contributed by atoms with Crippen molar-refractivity contribution in [2.24, 2.45) is 0 Å². The highest BCUT2D eigenvalue weighted by molar-refractivity contribution is 6.32. The number of esters is 1. The average molecular weight is 241 g/mol. The summed E-state index contributed by atoms with van der Waals surface area (Å²) < 4.78 is 9.54. The second kappa shape index (κ2) is 6.18. The van der Waals surface area contributed by atoms with E-state index in [0.717, 1.165) is 5.56 Å². The Balaban J connectivity index is 2.70. The molecule has 0 fully saturated rings. The van der Waals surface area contributed by atoms with E-state index in [4.69, 9.17) is 16.3 Å². The lowest BCUT2D eigenvalue weighted by Crippen LogP contribution is -1.96. The van der Waals surface area contributed by atoms with Crippen LogP contribution in [0.15, 0.2) is 24.3 Å². The molecule has 0 amide bonds. The summed E-state index contributed by atoms with van der Waals surface area (Å²) in [7, 11) is 2.94. The highest BCUT2D eigenvalue weighted by atomic mass is 35.5. The van der Waals surface area contributed by atoms with Gasteiger partial charge < -0.3 is 9.47 Å². The number of carbonyl (C=O) groups is 1. The van der Waals surface area contributed by atoms with E-state index < -0.39 is 0 Å². The first kappa shape index (κ1) is 12.6. The molecule has 16 heavy (non-hydrogen) atoms. The van der Waals surface area contributed by atoms with E-state index in [1.807, 2.05) is 12.1 Å². The second-order valence-electron chi connectivity index (χ2n) is 3.07. The van der Waals surface area contributed by atoms with Crippen LogP contribution in [0.1, 0.15) is 12.0 Å². The lowest BCUT2D eigenvalue weighted by Gasteiger charge is -2.02. The molecule has 0 N–H and O–H groups in total. The maximum absolute atomic E-state index is 10.9. The van der Waals surface area contributed by atoms with Crippen LogP contribution >= 0.6 is 11.6 Å². The van der Waals surface area contributed by atoms with Crippen LogP contribution in [0.3, 0.4) is 0 Å². The van der Waals surface area contributed by atoms with Gasteiger partial charge in [-0.3, -0.25) is 4.79 Å². The van der Waals surface area contributed by atoms with Gasteiger partial charge in [0, 0.05) is 0 Å². The third kappa shape index (κ3) is 3.59. The van der Waals surface area contributed by atoms with E-state index >= 15 is 0 Å². The molecule has 0 spiro atoms. The van der Waals surface area contributed by atoms with Gasteiger partial charge >= 0.3 is 5.97 Å². The van der Waals surface area contributed by atoms with Crippen LogP contribution in [0.5, 0.6) is 5.75 Å². The Labute approximate surface area is 99.6 Å². The van der Waals surface area contributed by atoms with Gasteiger partial charge in [0.25, 0.3) is 0 Å². The highest BCUT2D eigenvalue weighted by Crippen LogP contribution is 2.23. The largest absolute Gasteiger partial charge is 0.497 e. The molecule has 3 nitrogen and oxygen atoms in total. The second-order valence-corrected chi connectivity index (χ2v) is 3.48. The minimum atomic E-state index is -0.277. The van der Waals surface area contributed by atoms with Crippen LogP contribution in [0.4, 0.5) is 0 Å². The molecule has 1 aromatic carbocycles. The van der Waals surface area contributed by atoms with Crippen LogP contribution in [-0.4, -0.2) is 20.2 Å². The molecule has 86 valence electrons. The highest BCUT2D eigenvalue weighted by Gasteiger charge is 1.99. The van der Waals surface area contributed by atoms with Crippen LogP contribution in [-0.2, 0) is 9.53 Å². The molecule has 0 atom stereocenters. The van der Waals surface area contributed by atoms with Crippen molar-refractivity contribution in [3.63, 3.8) is 0 Å². The fourth-order valence-corrected chi connectivity index (χ4v) is 1.37. The zero-order chi connectivity index (χ0) is 12.0. The predicted octanol–water partition coefficient (Wildman–Crippen LogP) is 2.92.